The number of aryl methyl sites for hydroxylation is 2. The second-order valence-electron chi connectivity index (χ2n) is 5.24. The maximum Gasteiger partial charge on any atom is 0.0936 e. The van der Waals surface area contributed by atoms with Crippen molar-refractivity contribution in [2.24, 2.45) is 0 Å². The first-order valence-electron chi connectivity index (χ1n) is 7.20. The van der Waals surface area contributed by atoms with Crippen molar-refractivity contribution in [1.29, 1.82) is 0 Å². The van der Waals surface area contributed by atoms with Gasteiger partial charge in [-0.1, -0.05) is 6.92 Å². The van der Waals surface area contributed by atoms with Crippen LogP contribution in [0, 0.1) is 0 Å². The molecule has 19 heavy (non-hydrogen) atoms. The summed E-state index contributed by atoms with van der Waals surface area (Å²) in [7, 11) is 0. The standard InChI is InChI=1S/C14H25N3O2/c1-4-12-6-13(17(5-2)15-12)8-16-7-11(3)19-14(9-16)10-18/h6,11,14,18H,4-5,7-10H2,1-3H3. The van der Waals surface area contributed by atoms with Gasteiger partial charge in [0.2, 0.25) is 0 Å². The van der Waals surface area contributed by atoms with Gasteiger partial charge in [0, 0.05) is 26.2 Å². The molecular weight excluding hydrogens is 242 g/mol. The summed E-state index contributed by atoms with van der Waals surface area (Å²) in [5.74, 6) is 0. The number of aliphatic hydroxyl groups is 1. The van der Waals surface area contributed by atoms with E-state index in [4.69, 9.17) is 4.74 Å². The van der Waals surface area contributed by atoms with Crippen LogP contribution in [0.2, 0.25) is 0 Å². The van der Waals surface area contributed by atoms with E-state index in [2.05, 4.69) is 41.5 Å². The Morgan fingerprint density at radius 3 is 2.84 bits per heavy atom. The zero-order chi connectivity index (χ0) is 13.8. The van der Waals surface area contributed by atoms with E-state index in [1.54, 1.807) is 0 Å². The van der Waals surface area contributed by atoms with Gasteiger partial charge in [0.05, 0.1) is 30.2 Å². The summed E-state index contributed by atoms with van der Waals surface area (Å²) in [6.45, 7) is 9.88. The first-order chi connectivity index (χ1) is 9.16. The highest BCUT2D eigenvalue weighted by Crippen LogP contribution is 2.15. The predicted octanol–water partition coefficient (Wildman–Crippen LogP) is 1.05. The molecule has 0 aromatic carbocycles. The van der Waals surface area contributed by atoms with Gasteiger partial charge in [-0.15, -0.1) is 0 Å². The third-order valence-electron chi connectivity index (χ3n) is 3.57. The van der Waals surface area contributed by atoms with E-state index in [0.717, 1.165) is 38.3 Å². The third kappa shape index (κ3) is 3.55. The summed E-state index contributed by atoms with van der Waals surface area (Å²) in [6, 6.07) is 2.19. The Morgan fingerprint density at radius 1 is 1.42 bits per heavy atom. The highest BCUT2D eigenvalue weighted by Gasteiger charge is 2.25. The molecule has 1 aliphatic heterocycles. The van der Waals surface area contributed by atoms with Gasteiger partial charge >= 0.3 is 0 Å². The van der Waals surface area contributed by atoms with Crippen molar-refractivity contribution in [3.63, 3.8) is 0 Å². The number of hydrogen-bond donors (Lipinski definition) is 1. The molecule has 1 fully saturated rings. The van der Waals surface area contributed by atoms with Crippen LogP contribution in [0.4, 0.5) is 0 Å². The highest BCUT2D eigenvalue weighted by atomic mass is 16.5. The molecule has 1 saturated heterocycles. The molecular formula is C14H25N3O2. The summed E-state index contributed by atoms with van der Waals surface area (Å²) in [4.78, 5) is 2.34. The molecule has 1 aromatic rings. The van der Waals surface area contributed by atoms with Gasteiger partial charge in [-0.3, -0.25) is 9.58 Å². The van der Waals surface area contributed by atoms with Crippen LogP contribution in [0.25, 0.3) is 0 Å². The van der Waals surface area contributed by atoms with Crippen molar-refractivity contribution in [3.05, 3.63) is 17.5 Å². The number of rotatable bonds is 5. The van der Waals surface area contributed by atoms with Crippen molar-refractivity contribution in [1.82, 2.24) is 14.7 Å². The van der Waals surface area contributed by atoms with Crippen molar-refractivity contribution in [2.75, 3.05) is 19.7 Å². The molecule has 0 radical (unpaired) electrons. The first-order valence-corrected chi connectivity index (χ1v) is 7.20. The van der Waals surface area contributed by atoms with Crippen LogP contribution in [0.3, 0.4) is 0 Å². The van der Waals surface area contributed by atoms with E-state index in [1.807, 2.05) is 0 Å². The topological polar surface area (TPSA) is 50.5 Å². The van der Waals surface area contributed by atoms with E-state index >= 15 is 0 Å². The number of nitrogens with zero attached hydrogens (tertiary/aromatic N) is 3. The van der Waals surface area contributed by atoms with Crippen LogP contribution in [-0.2, 0) is 24.2 Å². The molecule has 5 nitrogen and oxygen atoms in total. The molecule has 1 N–H and O–H groups in total. The molecule has 0 amide bonds. The minimum absolute atomic E-state index is 0.0626. The van der Waals surface area contributed by atoms with Crippen LogP contribution in [0.1, 0.15) is 32.2 Å². The van der Waals surface area contributed by atoms with Crippen LogP contribution in [0.5, 0.6) is 0 Å². The van der Waals surface area contributed by atoms with Gasteiger partial charge in [0.25, 0.3) is 0 Å². The van der Waals surface area contributed by atoms with Crippen LogP contribution >= 0.6 is 0 Å². The van der Waals surface area contributed by atoms with E-state index in [-0.39, 0.29) is 18.8 Å². The monoisotopic (exact) mass is 267 g/mol. The molecule has 2 rings (SSSR count). The molecule has 0 spiro atoms. The molecule has 108 valence electrons. The lowest BCUT2D eigenvalue weighted by Gasteiger charge is -2.36. The molecule has 1 aliphatic rings. The smallest absolute Gasteiger partial charge is 0.0936 e. The van der Waals surface area contributed by atoms with Crippen molar-refractivity contribution < 1.29 is 9.84 Å². The summed E-state index contributed by atoms with van der Waals surface area (Å²) in [5.41, 5.74) is 2.40. The molecule has 0 bridgehead atoms. The van der Waals surface area contributed by atoms with Gasteiger partial charge < -0.3 is 9.84 Å². The number of hydrogen-bond acceptors (Lipinski definition) is 4. The molecule has 2 unspecified atom stereocenters. The highest BCUT2D eigenvalue weighted by molar-refractivity contribution is 5.10. The normalized spacial score (nSPS) is 24.8. The first kappa shape index (κ1) is 14.5. The third-order valence-corrected chi connectivity index (χ3v) is 3.57. The SMILES string of the molecule is CCc1cc(CN2CC(C)OC(CO)C2)n(CC)n1. The fraction of sp³-hybridized carbons (Fsp3) is 0.786. The van der Waals surface area contributed by atoms with Gasteiger partial charge in [0.1, 0.15) is 0 Å². The van der Waals surface area contributed by atoms with Crippen molar-refractivity contribution >= 4 is 0 Å². The van der Waals surface area contributed by atoms with Gasteiger partial charge in [-0.25, -0.2) is 0 Å². The van der Waals surface area contributed by atoms with Crippen LogP contribution < -0.4 is 0 Å². The van der Waals surface area contributed by atoms with Gasteiger partial charge in [0.15, 0.2) is 0 Å². The van der Waals surface area contributed by atoms with E-state index < -0.39 is 0 Å². The second-order valence-corrected chi connectivity index (χ2v) is 5.24. The Labute approximate surface area is 115 Å². The summed E-state index contributed by atoms with van der Waals surface area (Å²) < 4.78 is 7.75. The maximum atomic E-state index is 9.27. The van der Waals surface area contributed by atoms with Crippen molar-refractivity contribution in [2.45, 2.75) is 52.5 Å². The predicted molar refractivity (Wildman–Crippen MR) is 74.0 cm³/mol. The molecule has 5 heteroatoms. The van der Waals surface area contributed by atoms with Crippen molar-refractivity contribution in [3.8, 4) is 0 Å². The number of ether oxygens (including phenoxy) is 1. The minimum atomic E-state index is -0.0626. The molecule has 2 heterocycles. The lowest BCUT2D eigenvalue weighted by molar-refractivity contribution is -0.0977. The number of aliphatic hydroxyl groups excluding tert-OH is 1. The Balaban J connectivity index is 2.05. The van der Waals surface area contributed by atoms with E-state index in [0.29, 0.717) is 0 Å². The molecule has 2 atom stereocenters. The van der Waals surface area contributed by atoms with E-state index in [1.165, 1.54) is 5.69 Å². The Hall–Kier alpha value is -0.910. The molecule has 0 aliphatic carbocycles. The van der Waals surface area contributed by atoms with Gasteiger partial charge in [-0.05, 0) is 26.3 Å². The maximum absolute atomic E-state index is 9.27. The fourth-order valence-corrected chi connectivity index (χ4v) is 2.69. The minimum Gasteiger partial charge on any atom is -0.394 e. The van der Waals surface area contributed by atoms with Crippen LogP contribution in [0.15, 0.2) is 6.07 Å². The largest absolute Gasteiger partial charge is 0.394 e. The van der Waals surface area contributed by atoms with Crippen LogP contribution in [-0.4, -0.2) is 51.7 Å². The lowest BCUT2D eigenvalue weighted by atomic mass is 10.2. The fourth-order valence-electron chi connectivity index (χ4n) is 2.69. The average molecular weight is 267 g/mol. The lowest BCUT2D eigenvalue weighted by Crippen LogP contribution is -2.47. The summed E-state index contributed by atoms with van der Waals surface area (Å²) in [6.07, 6.45) is 1.08. The molecule has 0 saturated carbocycles. The second kappa shape index (κ2) is 6.50. The zero-order valence-electron chi connectivity index (χ0n) is 12.2. The van der Waals surface area contributed by atoms with E-state index in [9.17, 15) is 5.11 Å². The Bertz CT molecular complexity index is 405. The molecule has 1 aromatic heterocycles. The summed E-state index contributed by atoms with van der Waals surface area (Å²) in [5, 5.41) is 13.8. The average Bonchev–Trinajstić information content (AvgIpc) is 2.80. The number of aromatic nitrogens is 2. The Morgan fingerprint density at radius 2 is 2.21 bits per heavy atom. The Kier molecular flexibility index (Phi) is 4.96. The van der Waals surface area contributed by atoms with Gasteiger partial charge in [-0.2, -0.15) is 5.10 Å². The summed E-state index contributed by atoms with van der Waals surface area (Å²) >= 11 is 0. The number of morpholine rings is 1. The zero-order valence-corrected chi connectivity index (χ0v) is 12.2. The quantitative estimate of drug-likeness (QED) is 0.866.